The summed E-state index contributed by atoms with van der Waals surface area (Å²) in [5.41, 5.74) is 5.32. The van der Waals surface area contributed by atoms with Crippen LogP contribution < -0.4 is 11.1 Å². The second-order valence-electron chi connectivity index (χ2n) is 6.08. The molecule has 1 saturated carbocycles. The van der Waals surface area contributed by atoms with Crippen LogP contribution in [0.1, 0.15) is 57.8 Å². The molecule has 1 saturated heterocycles. The van der Waals surface area contributed by atoms with Crippen LogP contribution in [0.2, 0.25) is 0 Å². The molecule has 2 amide bonds. The van der Waals surface area contributed by atoms with Crippen LogP contribution in [0.5, 0.6) is 0 Å². The van der Waals surface area contributed by atoms with Crippen LogP contribution in [0.3, 0.4) is 0 Å². The number of nitrogens with one attached hydrogen (secondary N) is 1. The van der Waals surface area contributed by atoms with Gasteiger partial charge in [-0.2, -0.15) is 0 Å². The molecule has 0 bridgehead atoms. The SMILES string of the molecule is NC(=O)C[C@@H](NC(=O)C[C@@H]1CCCO1)C1CCCCC1. The molecule has 0 spiro atoms. The lowest BCUT2D eigenvalue weighted by Crippen LogP contribution is -2.44. The Kier molecular flexibility index (Phi) is 5.83. The molecule has 1 aliphatic carbocycles. The maximum absolute atomic E-state index is 12.1. The van der Waals surface area contributed by atoms with Crippen LogP contribution in [0, 0.1) is 5.92 Å². The van der Waals surface area contributed by atoms with Crippen LogP contribution in [0.4, 0.5) is 0 Å². The second-order valence-corrected chi connectivity index (χ2v) is 6.08. The highest BCUT2D eigenvalue weighted by atomic mass is 16.5. The monoisotopic (exact) mass is 282 g/mol. The van der Waals surface area contributed by atoms with Crippen molar-refractivity contribution in [2.75, 3.05) is 6.61 Å². The summed E-state index contributed by atoms with van der Waals surface area (Å²) in [4.78, 5) is 23.3. The average Bonchev–Trinajstić information content (AvgIpc) is 2.91. The zero-order chi connectivity index (χ0) is 14.4. The van der Waals surface area contributed by atoms with Crippen LogP contribution in [0.25, 0.3) is 0 Å². The molecule has 114 valence electrons. The molecular weight excluding hydrogens is 256 g/mol. The highest BCUT2D eigenvalue weighted by Crippen LogP contribution is 2.28. The number of carbonyl (C=O) groups is 2. The number of hydrogen-bond acceptors (Lipinski definition) is 3. The van der Waals surface area contributed by atoms with E-state index in [-0.39, 0.29) is 30.4 Å². The first-order chi connectivity index (χ1) is 9.65. The molecule has 2 rings (SSSR count). The summed E-state index contributed by atoms with van der Waals surface area (Å²) in [6.07, 6.45) is 8.48. The Hall–Kier alpha value is -1.10. The number of hydrogen-bond donors (Lipinski definition) is 2. The van der Waals surface area contributed by atoms with Gasteiger partial charge in [0.25, 0.3) is 0 Å². The van der Waals surface area contributed by atoms with Gasteiger partial charge in [-0.15, -0.1) is 0 Å². The van der Waals surface area contributed by atoms with Gasteiger partial charge in [-0.05, 0) is 31.6 Å². The van der Waals surface area contributed by atoms with Gasteiger partial charge in [0, 0.05) is 19.1 Å². The van der Waals surface area contributed by atoms with Crippen LogP contribution >= 0.6 is 0 Å². The Morgan fingerprint density at radius 2 is 1.90 bits per heavy atom. The molecular formula is C15H26N2O3. The van der Waals surface area contributed by atoms with Crippen molar-refractivity contribution < 1.29 is 14.3 Å². The second kappa shape index (κ2) is 7.62. The lowest BCUT2D eigenvalue weighted by atomic mass is 9.82. The number of carbonyl (C=O) groups excluding carboxylic acids is 2. The molecule has 0 aromatic rings. The maximum atomic E-state index is 12.1. The zero-order valence-corrected chi connectivity index (χ0v) is 12.1. The topological polar surface area (TPSA) is 81.4 Å². The molecule has 20 heavy (non-hydrogen) atoms. The van der Waals surface area contributed by atoms with Gasteiger partial charge in [0.2, 0.25) is 11.8 Å². The highest BCUT2D eigenvalue weighted by Gasteiger charge is 2.28. The summed E-state index contributed by atoms with van der Waals surface area (Å²) in [5, 5.41) is 3.03. The van der Waals surface area contributed by atoms with E-state index < -0.39 is 0 Å². The summed E-state index contributed by atoms with van der Waals surface area (Å²) in [7, 11) is 0. The van der Waals surface area contributed by atoms with Gasteiger partial charge in [-0.3, -0.25) is 9.59 Å². The summed E-state index contributed by atoms with van der Waals surface area (Å²) in [6.45, 7) is 0.755. The smallest absolute Gasteiger partial charge is 0.222 e. The Labute approximate surface area is 120 Å². The van der Waals surface area contributed by atoms with E-state index >= 15 is 0 Å². The summed E-state index contributed by atoms with van der Waals surface area (Å²) in [6, 6.07) is -0.0956. The predicted molar refractivity (Wildman–Crippen MR) is 75.9 cm³/mol. The molecule has 2 fully saturated rings. The highest BCUT2D eigenvalue weighted by molar-refractivity contribution is 5.79. The minimum absolute atomic E-state index is 0.00581. The van der Waals surface area contributed by atoms with Crippen molar-refractivity contribution in [2.24, 2.45) is 11.7 Å². The van der Waals surface area contributed by atoms with E-state index in [1.54, 1.807) is 0 Å². The third-order valence-electron chi connectivity index (χ3n) is 4.42. The van der Waals surface area contributed by atoms with Crippen LogP contribution in [0.15, 0.2) is 0 Å². The largest absolute Gasteiger partial charge is 0.378 e. The molecule has 5 heteroatoms. The normalized spacial score (nSPS) is 25.3. The van der Waals surface area contributed by atoms with E-state index in [1.807, 2.05) is 0 Å². The van der Waals surface area contributed by atoms with E-state index in [0.29, 0.717) is 12.3 Å². The van der Waals surface area contributed by atoms with Gasteiger partial charge in [0.1, 0.15) is 0 Å². The Balaban J connectivity index is 1.84. The Morgan fingerprint density at radius 1 is 1.15 bits per heavy atom. The van der Waals surface area contributed by atoms with Crippen molar-refractivity contribution in [1.29, 1.82) is 0 Å². The third kappa shape index (κ3) is 4.78. The van der Waals surface area contributed by atoms with E-state index in [4.69, 9.17) is 10.5 Å². The molecule has 0 unspecified atom stereocenters. The lowest BCUT2D eigenvalue weighted by Gasteiger charge is -2.30. The van der Waals surface area contributed by atoms with Crippen molar-refractivity contribution in [3.05, 3.63) is 0 Å². The first kappa shape index (κ1) is 15.3. The Morgan fingerprint density at radius 3 is 2.50 bits per heavy atom. The number of nitrogens with two attached hydrogens (primary N) is 1. The van der Waals surface area contributed by atoms with Crippen molar-refractivity contribution >= 4 is 11.8 Å². The minimum atomic E-state index is -0.335. The number of amides is 2. The molecule has 1 heterocycles. The molecule has 2 atom stereocenters. The quantitative estimate of drug-likeness (QED) is 0.774. The summed E-state index contributed by atoms with van der Waals surface area (Å²) in [5.74, 6) is 0.0522. The maximum Gasteiger partial charge on any atom is 0.222 e. The van der Waals surface area contributed by atoms with Crippen LogP contribution in [-0.2, 0) is 14.3 Å². The number of primary amides is 1. The minimum Gasteiger partial charge on any atom is -0.378 e. The third-order valence-corrected chi connectivity index (χ3v) is 4.42. The Bertz CT molecular complexity index is 334. The van der Waals surface area contributed by atoms with Crippen molar-refractivity contribution in [1.82, 2.24) is 5.32 Å². The first-order valence-electron chi connectivity index (χ1n) is 7.84. The van der Waals surface area contributed by atoms with E-state index in [0.717, 1.165) is 32.3 Å². The molecule has 1 aliphatic heterocycles. The summed E-state index contributed by atoms with van der Waals surface area (Å²) < 4.78 is 5.48. The van der Waals surface area contributed by atoms with Crippen LogP contribution in [-0.4, -0.2) is 30.6 Å². The number of ether oxygens (including phenoxy) is 1. The summed E-state index contributed by atoms with van der Waals surface area (Å²) >= 11 is 0. The zero-order valence-electron chi connectivity index (χ0n) is 12.1. The average molecular weight is 282 g/mol. The molecule has 2 aliphatic rings. The number of rotatable bonds is 6. The van der Waals surface area contributed by atoms with Crippen molar-refractivity contribution in [3.8, 4) is 0 Å². The standard InChI is InChI=1S/C15H26N2O3/c16-14(18)10-13(11-5-2-1-3-6-11)17-15(19)9-12-7-4-8-20-12/h11-13H,1-10H2,(H2,16,18)(H,17,19)/t12-,13+/m0/s1. The molecule has 3 N–H and O–H groups in total. The first-order valence-corrected chi connectivity index (χ1v) is 7.84. The molecule has 0 radical (unpaired) electrons. The molecule has 5 nitrogen and oxygen atoms in total. The fourth-order valence-electron chi connectivity index (χ4n) is 3.37. The fraction of sp³-hybridized carbons (Fsp3) is 0.867. The molecule has 0 aromatic heterocycles. The lowest BCUT2D eigenvalue weighted by molar-refractivity contribution is -0.125. The van der Waals surface area contributed by atoms with Gasteiger partial charge >= 0.3 is 0 Å². The van der Waals surface area contributed by atoms with Gasteiger partial charge in [0.15, 0.2) is 0 Å². The fourth-order valence-corrected chi connectivity index (χ4v) is 3.37. The van der Waals surface area contributed by atoms with E-state index in [2.05, 4.69) is 5.32 Å². The van der Waals surface area contributed by atoms with Gasteiger partial charge < -0.3 is 15.8 Å². The van der Waals surface area contributed by atoms with E-state index in [9.17, 15) is 9.59 Å². The van der Waals surface area contributed by atoms with Gasteiger partial charge in [-0.25, -0.2) is 0 Å². The predicted octanol–water partition coefficient (Wildman–Crippen LogP) is 1.50. The molecule has 0 aromatic carbocycles. The van der Waals surface area contributed by atoms with Gasteiger partial charge in [0.05, 0.1) is 12.5 Å². The van der Waals surface area contributed by atoms with E-state index in [1.165, 1.54) is 19.3 Å². The van der Waals surface area contributed by atoms with Crippen molar-refractivity contribution in [2.45, 2.75) is 69.9 Å². The van der Waals surface area contributed by atoms with Crippen molar-refractivity contribution in [3.63, 3.8) is 0 Å². The van der Waals surface area contributed by atoms with Gasteiger partial charge in [-0.1, -0.05) is 19.3 Å².